The third-order valence-corrected chi connectivity index (χ3v) is 4.16. The SMILES string of the molecule is CCCCCCC(Cl)N(C(C)Cl)S(=O)(=O)O. The molecule has 0 fully saturated rings. The summed E-state index contributed by atoms with van der Waals surface area (Å²) in [6, 6.07) is 0. The van der Waals surface area contributed by atoms with Crippen LogP contribution < -0.4 is 0 Å². The Bertz CT molecular complexity index is 282. The van der Waals surface area contributed by atoms with E-state index in [2.05, 4.69) is 6.92 Å². The summed E-state index contributed by atoms with van der Waals surface area (Å²) < 4.78 is 31.7. The molecule has 16 heavy (non-hydrogen) atoms. The molecule has 0 aromatic heterocycles. The summed E-state index contributed by atoms with van der Waals surface area (Å²) >= 11 is 11.6. The van der Waals surface area contributed by atoms with Crippen LogP contribution in [0, 0.1) is 0 Å². The minimum Gasteiger partial charge on any atom is -0.273 e. The first kappa shape index (κ1) is 16.4. The zero-order valence-corrected chi connectivity index (χ0v) is 11.9. The summed E-state index contributed by atoms with van der Waals surface area (Å²) in [7, 11) is -4.34. The van der Waals surface area contributed by atoms with Crippen LogP contribution in [-0.4, -0.2) is 28.3 Å². The maximum Gasteiger partial charge on any atom is 0.338 e. The van der Waals surface area contributed by atoms with Crippen molar-refractivity contribution in [3.05, 3.63) is 0 Å². The Kier molecular flexibility index (Phi) is 7.93. The van der Waals surface area contributed by atoms with Gasteiger partial charge in [-0.3, -0.25) is 4.55 Å². The molecule has 1 N–H and O–H groups in total. The highest BCUT2D eigenvalue weighted by Gasteiger charge is 2.30. The summed E-state index contributed by atoms with van der Waals surface area (Å²) in [4.78, 5) is 0. The van der Waals surface area contributed by atoms with Gasteiger partial charge in [0.05, 0.1) is 5.50 Å². The third-order valence-electron chi connectivity index (χ3n) is 2.19. The van der Waals surface area contributed by atoms with Crippen LogP contribution in [0.5, 0.6) is 0 Å². The maximum atomic E-state index is 11.0. The summed E-state index contributed by atoms with van der Waals surface area (Å²) in [5, 5.41) is 0. The number of hydrogen-bond acceptors (Lipinski definition) is 2. The fourth-order valence-electron chi connectivity index (χ4n) is 1.42. The van der Waals surface area contributed by atoms with Crippen LogP contribution in [0.25, 0.3) is 0 Å². The lowest BCUT2D eigenvalue weighted by Gasteiger charge is -2.25. The van der Waals surface area contributed by atoms with E-state index in [0.717, 1.165) is 25.7 Å². The van der Waals surface area contributed by atoms with Crippen molar-refractivity contribution in [3.63, 3.8) is 0 Å². The van der Waals surface area contributed by atoms with Crippen molar-refractivity contribution in [2.75, 3.05) is 0 Å². The molecule has 0 bridgehead atoms. The van der Waals surface area contributed by atoms with Gasteiger partial charge in [0, 0.05) is 0 Å². The lowest BCUT2D eigenvalue weighted by Crippen LogP contribution is -2.40. The molecular weight excluding hydrogens is 273 g/mol. The molecular formula is C9H19Cl2NO3S. The maximum absolute atomic E-state index is 11.0. The second-order valence-corrected chi connectivity index (χ2v) is 6.12. The first-order valence-electron chi connectivity index (χ1n) is 5.34. The van der Waals surface area contributed by atoms with Gasteiger partial charge in [-0.2, -0.15) is 8.42 Å². The highest BCUT2D eigenvalue weighted by atomic mass is 35.5. The molecule has 0 aromatic rings. The molecule has 0 saturated carbocycles. The molecule has 0 radical (unpaired) electrons. The molecule has 2 unspecified atom stereocenters. The molecule has 0 aliphatic rings. The van der Waals surface area contributed by atoms with E-state index < -0.39 is 21.3 Å². The average Bonchev–Trinajstić information content (AvgIpc) is 2.09. The number of rotatable bonds is 8. The molecule has 0 spiro atoms. The van der Waals surface area contributed by atoms with Gasteiger partial charge in [-0.1, -0.05) is 32.6 Å². The zero-order chi connectivity index (χ0) is 12.8. The van der Waals surface area contributed by atoms with Crippen LogP contribution in [-0.2, 0) is 10.3 Å². The number of nitrogens with zero attached hydrogens (tertiary/aromatic N) is 1. The van der Waals surface area contributed by atoms with Crippen molar-refractivity contribution in [1.82, 2.24) is 4.31 Å². The zero-order valence-electron chi connectivity index (χ0n) is 9.57. The molecule has 0 rings (SSSR count). The minimum atomic E-state index is -4.34. The second-order valence-electron chi connectivity index (χ2n) is 3.67. The van der Waals surface area contributed by atoms with E-state index in [4.69, 9.17) is 27.8 Å². The van der Waals surface area contributed by atoms with Crippen LogP contribution in [0.3, 0.4) is 0 Å². The Morgan fingerprint density at radius 1 is 1.25 bits per heavy atom. The largest absolute Gasteiger partial charge is 0.338 e. The van der Waals surface area contributed by atoms with E-state index in [1.807, 2.05) is 0 Å². The van der Waals surface area contributed by atoms with Crippen LogP contribution in [0.15, 0.2) is 0 Å². The predicted octanol–water partition coefficient (Wildman–Crippen LogP) is 3.21. The number of hydrogen-bond donors (Lipinski definition) is 1. The first-order valence-corrected chi connectivity index (χ1v) is 7.61. The van der Waals surface area contributed by atoms with Crippen molar-refractivity contribution in [1.29, 1.82) is 0 Å². The standard InChI is InChI=1S/C9H19Cl2NO3S/c1-3-4-5-6-7-9(11)12(8(2)10)16(13,14)15/h8-9H,3-7H2,1-2H3,(H,13,14,15). The van der Waals surface area contributed by atoms with E-state index in [9.17, 15) is 8.42 Å². The topological polar surface area (TPSA) is 57.6 Å². The highest BCUT2D eigenvalue weighted by molar-refractivity contribution is 7.83. The van der Waals surface area contributed by atoms with Gasteiger partial charge < -0.3 is 0 Å². The molecule has 0 heterocycles. The van der Waals surface area contributed by atoms with Gasteiger partial charge in [-0.05, 0) is 13.3 Å². The molecule has 2 atom stereocenters. The van der Waals surface area contributed by atoms with Gasteiger partial charge in [-0.25, -0.2) is 0 Å². The van der Waals surface area contributed by atoms with Gasteiger partial charge >= 0.3 is 10.3 Å². The van der Waals surface area contributed by atoms with E-state index in [-0.39, 0.29) is 0 Å². The van der Waals surface area contributed by atoms with E-state index >= 15 is 0 Å². The lowest BCUT2D eigenvalue weighted by atomic mass is 10.1. The second kappa shape index (κ2) is 7.71. The van der Waals surface area contributed by atoms with Crippen molar-refractivity contribution < 1.29 is 13.0 Å². The smallest absolute Gasteiger partial charge is 0.273 e. The Morgan fingerprint density at radius 2 is 1.81 bits per heavy atom. The fraction of sp³-hybridized carbons (Fsp3) is 1.00. The normalized spacial score (nSPS) is 16.4. The lowest BCUT2D eigenvalue weighted by molar-refractivity contribution is 0.314. The molecule has 0 aliphatic carbocycles. The van der Waals surface area contributed by atoms with Crippen LogP contribution in [0.1, 0.15) is 46.0 Å². The van der Waals surface area contributed by atoms with Gasteiger partial charge in [0.2, 0.25) is 0 Å². The Morgan fingerprint density at radius 3 is 2.19 bits per heavy atom. The minimum absolute atomic E-state index is 0.485. The summed E-state index contributed by atoms with van der Waals surface area (Å²) in [5.41, 5.74) is -1.65. The van der Waals surface area contributed by atoms with Crippen LogP contribution in [0.2, 0.25) is 0 Å². The predicted molar refractivity (Wildman–Crippen MR) is 67.1 cm³/mol. The van der Waals surface area contributed by atoms with E-state index in [1.54, 1.807) is 0 Å². The van der Waals surface area contributed by atoms with E-state index in [0.29, 0.717) is 10.7 Å². The van der Waals surface area contributed by atoms with Gasteiger partial charge in [-0.15, -0.1) is 27.5 Å². The van der Waals surface area contributed by atoms with Crippen LogP contribution >= 0.6 is 23.2 Å². The number of unbranched alkanes of at least 4 members (excludes halogenated alkanes) is 3. The molecule has 98 valence electrons. The van der Waals surface area contributed by atoms with Gasteiger partial charge in [0.1, 0.15) is 5.50 Å². The Balaban J connectivity index is 4.25. The first-order chi connectivity index (χ1) is 7.30. The summed E-state index contributed by atoms with van der Waals surface area (Å²) in [6.45, 7) is 3.54. The van der Waals surface area contributed by atoms with Crippen molar-refractivity contribution >= 4 is 33.5 Å². The molecule has 4 nitrogen and oxygen atoms in total. The number of alkyl halides is 2. The number of halogens is 2. The summed E-state index contributed by atoms with van der Waals surface area (Å²) in [6.07, 6.45) is 4.48. The third kappa shape index (κ3) is 6.25. The molecule has 7 heteroatoms. The van der Waals surface area contributed by atoms with Crippen molar-refractivity contribution in [2.45, 2.75) is 57.0 Å². The van der Waals surface area contributed by atoms with Crippen molar-refractivity contribution in [3.8, 4) is 0 Å². The van der Waals surface area contributed by atoms with Crippen molar-refractivity contribution in [2.24, 2.45) is 0 Å². The Hall–Kier alpha value is 0.450. The average molecular weight is 292 g/mol. The fourth-order valence-corrected chi connectivity index (χ4v) is 3.30. The van der Waals surface area contributed by atoms with Gasteiger partial charge in [0.15, 0.2) is 0 Å². The van der Waals surface area contributed by atoms with Crippen LogP contribution in [0.4, 0.5) is 0 Å². The molecule has 0 aromatic carbocycles. The quantitative estimate of drug-likeness (QED) is 0.323. The monoisotopic (exact) mass is 291 g/mol. The molecule has 0 saturated heterocycles. The molecule has 0 aliphatic heterocycles. The molecule has 0 amide bonds. The highest BCUT2D eigenvalue weighted by Crippen LogP contribution is 2.21. The van der Waals surface area contributed by atoms with E-state index in [1.165, 1.54) is 6.92 Å². The summed E-state index contributed by atoms with van der Waals surface area (Å²) in [5.74, 6) is 0. The Labute approximate surface area is 108 Å². The van der Waals surface area contributed by atoms with Gasteiger partial charge in [0.25, 0.3) is 0 Å².